The van der Waals surface area contributed by atoms with Crippen LogP contribution in [-0.4, -0.2) is 17.7 Å². The molecule has 0 bridgehead atoms. The van der Waals surface area contributed by atoms with Gasteiger partial charge in [0.05, 0.1) is 19.3 Å². The largest absolute Gasteiger partial charge is 0.491 e. The molecule has 0 spiro atoms. The van der Waals surface area contributed by atoms with Crippen LogP contribution in [0, 0.1) is 7.14 Å². The van der Waals surface area contributed by atoms with Gasteiger partial charge in [0.1, 0.15) is 5.75 Å². The standard InChI is InChI=1S/C23H36I2O3/c1-2-3-4-5-6-7-8-9-10-11-12-13-14-15-16-28-22-20(24)17-19(23(26)27)18-21(22)25/h17-18H,2-16H2,1H3,(H,26,27). The van der Waals surface area contributed by atoms with Crippen molar-refractivity contribution in [1.29, 1.82) is 0 Å². The fourth-order valence-electron chi connectivity index (χ4n) is 3.29. The van der Waals surface area contributed by atoms with Crippen molar-refractivity contribution < 1.29 is 14.6 Å². The summed E-state index contributed by atoms with van der Waals surface area (Å²) >= 11 is 4.31. The first-order valence-corrected chi connectivity index (χ1v) is 13.1. The van der Waals surface area contributed by atoms with E-state index in [1.54, 1.807) is 12.1 Å². The van der Waals surface area contributed by atoms with Gasteiger partial charge in [-0.3, -0.25) is 0 Å². The summed E-state index contributed by atoms with van der Waals surface area (Å²) in [7, 11) is 0. The van der Waals surface area contributed by atoms with Gasteiger partial charge >= 0.3 is 5.97 Å². The zero-order valence-corrected chi connectivity index (χ0v) is 21.6. The van der Waals surface area contributed by atoms with Gasteiger partial charge < -0.3 is 9.84 Å². The van der Waals surface area contributed by atoms with Crippen molar-refractivity contribution in [2.24, 2.45) is 0 Å². The van der Waals surface area contributed by atoms with Crippen LogP contribution in [0.4, 0.5) is 0 Å². The fraction of sp³-hybridized carbons (Fsp3) is 0.696. The molecule has 1 aromatic carbocycles. The molecule has 3 nitrogen and oxygen atoms in total. The highest BCUT2D eigenvalue weighted by Crippen LogP contribution is 2.29. The molecule has 0 heterocycles. The number of carboxylic acids is 1. The lowest BCUT2D eigenvalue weighted by atomic mass is 10.0. The molecule has 5 heteroatoms. The van der Waals surface area contributed by atoms with Crippen LogP contribution in [0.2, 0.25) is 0 Å². The molecule has 0 aromatic heterocycles. The Morgan fingerprint density at radius 1 is 0.786 bits per heavy atom. The van der Waals surface area contributed by atoms with E-state index < -0.39 is 5.97 Å². The van der Waals surface area contributed by atoms with Crippen LogP contribution in [0.15, 0.2) is 12.1 Å². The lowest BCUT2D eigenvalue weighted by molar-refractivity contribution is 0.0696. The monoisotopic (exact) mass is 614 g/mol. The summed E-state index contributed by atoms with van der Waals surface area (Å²) < 4.78 is 7.64. The molecule has 0 unspecified atom stereocenters. The summed E-state index contributed by atoms with van der Waals surface area (Å²) in [5.41, 5.74) is 0.317. The third-order valence-corrected chi connectivity index (χ3v) is 6.59. The normalized spacial score (nSPS) is 11.0. The van der Waals surface area contributed by atoms with Gasteiger partial charge in [-0.25, -0.2) is 4.79 Å². The molecule has 28 heavy (non-hydrogen) atoms. The van der Waals surface area contributed by atoms with Gasteiger partial charge in [0, 0.05) is 0 Å². The smallest absolute Gasteiger partial charge is 0.335 e. The first-order valence-electron chi connectivity index (χ1n) is 10.9. The number of carbonyl (C=O) groups is 1. The van der Waals surface area contributed by atoms with Crippen LogP contribution in [0.25, 0.3) is 0 Å². The summed E-state index contributed by atoms with van der Waals surface area (Å²) in [4.78, 5) is 11.1. The molecule has 0 aliphatic rings. The molecular weight excluding hydrogens is 578 g/mol. The number of hydrogen-bond donors (Lipinski definition) is 1. The van der Waals surface area contributed by atoms with Gasteiger partial charge in [-0.1, -0.05) is 90.4 Å². The first-order chi connectivity index (χ1) is 13.6. The summed E-state index contributed by atoms with van der Waals surface area (Å²) in [5, 5.41) is 9.09. The number of halogens is 2. The Kier molecular flexibility index (Phi) is 15.5. The predicted molar refractivity (Wildman–Crippen MR) is 135 cm³/mol. The quantitative estimate of drug-likeness (QED) is 0.142. The molecule has 0 amide bonds. The topological polar surface area (TPSA) is 46.5 Å². The lowest BCUT2D eigenvalue weighted by Gasteiger charge is -2.11. The minimum Gasteiger partial charge on any atom is -0.491 e. The lowest BCUT2D eigenvalue weighted by Crippen LogP contribution is -2.04. The molecular formula is C23H36I2O3. The van der Waals surface area contributed by atoms with E-state index in [0.717, 1.165) is 19.3 Å². The summed E-state index contributed by atoms with van der Waals surface area (Å²) in [6.07, 6.45) is 18.9. The van der Waals surface area contributed by atoms with E-state index in [9.17, 15) is 4.79 Å². The van der Waals surface area contributed by atoms with Crippen LogP contribution in [0.1, 0.15) is 107 Å². The van der Waals surface area contributed by atoms with E-state index in [-0.39, 0.29) is 0 Å². The minimum absolute atomic E-state index is 0.317. The summed E-state index contributed by atoms with van der Waals surface area (Å²) in [5.74, 6) is -0.0738. The molecule has 1 N–H and O–H groups in total. The van der Waals surface area contributed by atoms with Crippen LogP contribution in [0.3, 0.4) is 0 Å². The van der Waals surface area contributed by atoms with Crippen LogP contribution < -0.4 is 4.74 Å². The number of carboxylic acid groups (broad SMARTS) is 1. The average Bonchev–Trinajstić information content (AvgIpc) is 2.66. The number of unbranched alkanes of at least 4 members (excludes halogenated alkanes) is 13. The van der Waals surface area contributed by atoms with E-state index >= 15 is 0 Å². The van der Waals surface area contributed by atoms with E-state index in [1.807, 2.05) is 0 Å². The molecule has 0 aliphatic carbocycles. The van der Waals surface area contributed by atoms with E-state index in [2.05, 4.69) is 52.1 Å². The third kappa shape index (κ3) is 11.8. The van der Waals surface area contributed by atoms with Crippen molar-refractivity contribution in [1.82, 2.24) is 0 Å². The second kappa shape index (κ2) is 16.7. The Balaban J connectivity index is 1.98. The van der Waals surface area contributed by atoms with Crippen LogP contribution in [-0.2, 0) is 0 Å². The molecule has 1 rings (SSSR count). The first kappa shape index (κ1) is 26.0. The van der Waals surface area contributed by atoms with Crippen molar-refractivity contribution in [3.8, 4) is 5.75 Å². The van der Waals surface area contributed by atoms with Crippen molar-refractivity contribution in [2.75, 3.05) is 6.61 Å². The van der Waals surface area contributed by atoms with Gasteiger partial charge in [-0.15, -0.1) is 0 Å². The summed E-state index contributed by atoms with van der Waals surface area (Å²) in [6.45, 7) is 2.98. The Labute approximate surface area is 198 Å². The highest BCUT2D eigenvalue weighted by Gasteiger charge is 2.12. The maximum atomic E-state index is 11.1. The van der Waals surface area contributed by atoms with Crippen LogP contribution >= 0.6 is 45.2 Å². The molecule has 0 saturated heterocycles. The predicted octanol–water partition coefficient (Wildman–Crippen LogP) is 8.45. The number of aromatic carboxylic acids is 1. The number of rotatable bonds is 17. The maximum Gasteiger partial charge on any atom is 0.335 e. The van der Waals surface area contributed by atoms with Crippen molar-refractivity contribution in [3.63, 3.8) is 0 Å². The molecule has 0 atom stereocenters. The van der Waals surface area contributed by atoms with E-state index in [0.29, 0.717) is 12.2 Å². The van der Waals surface area contributed by atoms with E-state index in [4.69, 9.17) is 9.84 Å². The minimum atomic E-state index is -0.894. The zero-order valence-electron chi connectivity index (χ0n) is 17.3. The van der Waals surface area contributed by atoms with Gasteiger partial charge in [0.25, 0.3) is 0 Å². The van der Waals surface area contributed by atoms with Gasteiger partial charge in [-0.2, -0.15) is 0 Å². The Hall–Kier alpha value is -0.0500. The maximum absolute atomic E-state index is 11.1. The molecule has 1 aromatic rings. The summed E-state index contributed by atoms with van der Waals surface area (Å²) in [6, 6.07) is 3.34. The van der Waals surface area contributed by atoms with Crippen LogP contribution in [0.5, 0.6) is 5.75 Å². The Morgan fingerprint density at radius 2 is 1.18 bits per heavy atom. The molecule has 0 fully saturated rings. The number of hydrogen-bond acceptors (Lipinski definition) is 2. The SMILES string of the molecule is CCCCCCCCCCCCCCCCOc1c(I)cc(C(=O)O)cc1I. The molecule has 0 aliphatic heterocycles. The van der Waals surface area contributed by atoms with Gasteiger partial charge in [-0.05, 0) is 63.7 Å². The number of ether oxygens (including phenoxy) is 1. The molecule has 160 valence electrons. The van der Waals surface area contributed by atoms with Gasteiger partial charge in [0.15, 0.2) is 0 Å². The fourth-order valence-corrected chi connectivity index (χ4v) is 5.37. The Morgan fingerprint density at radius 3 is 1.57 bits per heavy atom. The van der Waals surface area contributed by atoms with Crippen molar-refractivity contribution in [2.45, 2.75) is 96.8 Å². The zero-order chi connectivity index (χ0) is 20.6. The molecule has 0 saturated carbocycles. The third-order valence-electron chi connectivity index (χ3n) is 4.99. The highest BCUT2D eigenvalue weighted by atomic mass is 127. The van der Waals surface area contributed by atoms with Gasteiger partial charge in [0.2, 0.25) is 0 Å². The Bertz CT molecular complexity index is 538. The van der Waals surface area contributed by atoms with Crippen molar-refractivity contribution in [3.05, 3.63) is 24.8 Å². The van der Waals surface area contributed by atoms with E-state index in [1.165, 1.54) is 83.5 Å². The second-order valence-electron chi connectivity index (χ2n) is 7.52. The average molecular weight is 614 g/mol. The second-order valence-corrected chi connectivity index (χ2v) is 9.84. The molecule has 0 radical (unpaired) electrons. The van der Waals surface area contributed by atoms with Crippen molar-refractivity contribution >= 4 is 51.2 Å². The highest BCUT2D eigenvalue weighted by molar-refractivity contribution is 14.1. The number of benzene rings is 1.